The summed E-state index contributed by atoms with van der Waals surface area (Å²) < 4.78 is 2.01. The predicted molar refractivity (Wildman–Crippen MR) is 138 cm³/mol. The number of nitrogens with one attached hydrogen (secondary N) is 1. The Hall–Kier alpha value is -1.95. The first-order valence-corrected chi connectivity index (χ1v) is 13.5. The van der Waals surface area contributed by atoms with Crippen LogP contribution in [0.1, 0.15) is 104 Å². The van der Waals surface area contributed by atoms with Crippen molar-refractivity contribution in [2.75, 3.05) is 0 Å². The van der Waals surface area contributed by atoms with Gasteiger partial charge in [0.1, 0.15) is 5.00 Å². The fourth-order valence-corrected chi connectivity index (χ4v) is 6.74. The van der Waals surface area contributed by atoms with Crippen LogP contribution >= 0.6 is 11.3 Å². The molecule has 2 aromatic rings. The number of aryl methyl sites for hydroxylation is 2. The van der Waals surface area contributed by atoms with Crippen molar-refractivity contribution >= 4 is 28.5 Å². The Morgan fingerprint density at radius 1 is 1.21 bits per heavy atom. The van der Waals surface area contributed by atoms with Gasteiger partial charge in [-0.25, -0.2) is 4.99 Å². The summed E-state index contributed by atoms with van der Waals surface area (Å²) in [6.07, 6.45) is 11.0. The molecule has 6 heteroatoms. The predicted octanol–water partition coefficient (Wildman–Crippen LogP) is 6.55. The molecule has 2 aliphatic carbocycles. The molecular weight excluding hydrogens is 428 g/mol. The van der Waals surface area contributed by atoms with Crippen LogP contribution in [0.25, 0.3) is 0 Å². The second-order valence-electron chi connectivity index (χ2n) is 11.0. The van der Waals surface area contributed by atoms with Crippen LogP contribution in [0, 0.1) is 25.2 Å². The number of aliphatic imine (C=N–C) groups is 1. The van der Waals surface area contributed by atoms with Crippen molar-refractivity contribution in [2.24, 2.45) is 16.3 Å². The third kappa shape index (κ3) is 5.11. The Kier molecular flexibility index (Phi) is 7.13. The largest absolute Gasteiger partial charge is 0.349 e. The highest BCUT2D eigenvalue weighted by Crippen LogP contribution is 2.45. The number of thiophene rings is 1. The first kappa shape index (κ1) is 24.2. The molecule has 2 aliphatic rings. The Bertz CT molecular complexity index is 1030. The number of nitrogens with zero attached hydrogens (tertiary/aromatic N) is 3. The summed E-state index contributed by atoms with van der Waals surface area (Å²) in [6.45, 7) is 14.1. The zero-order valence-electron chi connectivity index (χ0n) is 21.3. The molecule has 2 aromatic heterocycles. The highest BCUT2D eigenvalue weighted by molar-refractivity contribution is 7.16. The molecular formula is C27H40N4OS. The Labute approximate surface area is 203 Å². The van der Waals surface area contributed by atoms with Crippen LogP contribution in [0.5, 0.6) is 0 Å². The third-order valence-corrected chi connectivity index (χ3v) is 8.85. The number of carbonyl (C=O) groups excluding carboxylic acids is 1. The standard InChI is InChI=1S/C27H40N4OS/c1-7-31-18(3)22(17(2)30-31)16-28-26-24(25(32)29-20-11-9-8-10-12-20)21-14-13-19(27(4,5)6)15-23(21)33-26/h16,19-20H,7-15H2,1-6H3,(H,29,32)/t19-/m0/s1. The van der Waals surface area contributed by atoms with Gasteiger partial charge in [-0.05, 0) is 69.8 Å². The molecule has 0 saturated heterocycles. The first-order valence-electron chi connectivity index (χ1n) is 12.7. The lowest BCUT2D eigenvalue weighted by atomic mass is 9.72. The zero-order valence-corrected chi connectivity index (χ0v) is 22.1. The molecule has 0 radical (unpaired) electrons. The van der Waals surface area contributed by atoms with Gasteiger partial charge >= 0.3 is 0 Å². The van der Waals surface area contributed by atoms with Crippen molar-refractivity contribution in [1.29, 1.82) is 0 Å². The van der Waals surface area contributed by atoms with Gasteiger partial charge in [0, 0.05) is 34.9 Å². The van der Waals surface area contributed by atoms with Crippen LogP contribution in [0.2, 0.25) is 0 Å². The number of rotatable bonds is 5. The minimum atomic E-state index is 0.0819. The summed E-state index contributed by atoms with van der Waals surface area (Å²) in [5, 5.41) is 8.86. The van der Waals surface area contributed by atoms with Crippen molar-refractivity contribution in [3.05, 3.63) is 33.0 Å². The van der Waals surface area contributed by atoms with Crippen molar-refractivity contribution in [1.82, 2.24) is 15.1 Å². The van der Waals surface area contributed by atoms with E-state index in [4.69, 9.17) is 4.99 Å². The fourth-order valence-electron chi connectivity index (χ4n) is 5.47. The number of fused-ring (bicyclic) bond motifs is 1. The van der Waals surface area contributed by atoms with E-state index in [0.717, 1.165) is 66.2 Å². The maximum Gasteiger partial charge on any atom is 0.254 e. The van der Waals surface area contributed by atoms with Gasteiger partial charge in [-0.3, -0.25) is 9.48 Å². The molecule has 1 saturated carbocycles. The fraction of sp³-hybridized carbons (Fsp3) is 0.667. The minimum Gasteiger partial charge on any atom is -0.349 e. The first-order chi connectivity index (χ1) is 15.7. The summed E-state index contributed by atoms with van der Waals surface area (Å²) in [7, 11) is 0. The average Bonchev–Trinajstić information content (AvgIpc) is 3.28. The smallest absolute Gasteiger partial charge is 0.254 e. The van der Waals surface area contributed by atoms with Gasteiger partial charge in [0.05, 0.1) is 11.3 Å². The van der Waals surface area contributed by atoms with Crippen LogP contribution in [-0.4, -0.2) is 27.9 Å². The number of amides is 1. The van der Waals surface area contributed by atoms with Crippen LogP contribution < -0.4 is 5.32 Å². The number of hydrogen-bond acceptors (Lipinski definition) is 4. The van der Waals surface area contributed by atoms with Gasteiger partial charge in [0.2, 0.25) is 0 Å². The summed E-state index contributed by atoms with van der Waals surface area (Å²) in [5.41, 5.74) is 5.54. The monoisotopic (exact) mass is 468 g/mol. The van der Waals surface area contributed by atoms with E-state index in [0.29, 0.717) is 12.0 Å². The normalized spacial score (nSPS) is 19.8. The summed E-state index contributed by atoms with van der Waals surface area (Å²) >= 11 is 1.73. The SMILES string of the molecule is CCn1nc(C)c(C=Nc2sc3c(c2C(=O)NC2CCCCC2)CC[C@H](C(C)(C)C)C3)c1C. The molecule has 0 spiro atoms. The highest BCUT2D eigenvalue weighted by atomic mass is 32.1. The van der Waals surface area contributed by atoms with Crippen LogP contribution in [0.3, 0.4) is 0 Å². The van der Waals surface area contributed by atoms with E-state index < -0.39 is 0 Å². The van der Waals surface area contributed by atoms with E-state index in [1.807, 2.05) is 17.8 Å². The summed E-state index contributed by atoms with van der Waals surface area (Å²) in [6, 6.07) is 0.303. The summed E-state index contributed by atoms with van der Waals surface area (Å²) in [5.74, 6) is 0.723. The lowest BCUT2D eigenvalue weighted by Crippen LogP contribution is -2.36. The molecule has 0 aliphatic heterocycles. The quantitative estimate of drug-likeness (QED) is 0.506. The van der Waals surface area contributed by atoms with E-state index >= 15 is 0 Å². The number of carbonyl (C=O) groups is 1. The molecule has 4 rings (SSSR count). The molecule has 2 heterocycles. The third-order valence-electron chi connectivity index (χ3n) is 7.69. The maximum absolute atomic E-state index is 13.5. The van der Waals surface area contributed by atoms with E-state index in [9.17, 15) is 4.79 Å². The molecule has 180 valence electrons. The zero-order chi connectivity index (χ0) is 23.8. The number of aromatic nitrogens is 2. The molecule has 1 fully saturated rings. The maximum atomic E-state index is 13.5. The van der Waals surface area contributed by atoms with Gasteiger partial charge in [0.25, 0.3) is 5.91 Å². The second-order valence-corrected chi connectivity index (χ2v) is 12.0. The minimum absolute atomic E-state index is 0.0819. The molecule has 0 unspecified atom stereocenters. The lowest BCUT2D eigenvalue weighted by Gasteiger charge is -2.34. The van der Waals surface area contributed by atoms with E-state index in [-0.39, 0.29) is 11.3 Å². The highest BCUT2D eigenvalue weighted by Gasteiger charge is 2.34. The summed E-state index contributed by atoms with van der Waals surface area (Å²) in [4.78, 5) is 19.8. The Morgan fingerprint density at radius 3 is 2.58 bits per heavy atom. The Balaban J connectivity index is 1.68. The van der Waals surface area contributed by atoms with Gasteiger partial charge in [-0.1, -0.05) is 40.0 Å². The van der Waals surface area contributed by atoms with Crippen molar-refractivity contribution in [3.63, 3.8) is 0 Å². The van der Waals surface area contributed by atoms with Crippen LogP contribution in [0.4, 0.5) is 5.00 Å². The van der Waals surface area contributed by atoms with Crippen molar-refractivity contribution in [3.8, 4) is 0 Å². The van der Waals surface area contributed by atoms with Gasteiger partial charge in [-0.15, -0.1) is 11.3 Å². The molecule has 1 amide bonds. The van der Waals surface area contributed by atoms with E-state index in [2.05, 4.69) is 45.0 Å². The van der Waals surface area contributed by atoms with E-state index in [1.165, 1.54) is 29.7 Å². The number of hydrogen-bond donors (Lipinski definition) is 1. The molecule has 33 heavy (non-hydrogen) atoms. The lowest BCUT2D eigenvalue weighted by molar-refractivity contribution is 0.0927. The topological polar surface area (TPSA) is 59.3 Å². The van der Waals surface area contributed by atoms with Crippen LogP contribution in [0.15, 0.2) is 4.99 Å². The van der Waals surface area contributed by atoms with Gasteiger partial charge < -0.3 is 5.32 Å². The van der Waals surface area contributed by atoms with Crippen molar-refractivity contribution < 1.29 is 4.79 Å². The van der Waals surface area contributed by atoms with Gasteiger partial charge in [0.15, 0.2) is 0 Å². The second kappa shape index (κ2) is 9.73. The molecule has 5 nitrogen and oxygen atoms in total. The Morgan fingerprint density at radius 2 is 1.94 bits per heavy atom. The molecule has 0 aromatic carbocycles. The van der Waals surface area contributed by atoms with E-state index in [1.54, 1.807) is 11.3 Å². The van der Waals surface area contributed by atoms with Crippen molar-refractivity contribution in [2.45, 2.75) is 105 Å². The van der Waals surface area contributed by atoms with Crippen LogP contribution in [-0.2, 0) is 19.4 Å². The molecule has 0 bridgehead atoms. The molecule has 1 atom stereocenters. The molecule has 1 N–H and O–H groups in total. The van der Waals surface area contributed by atoms with Gasteiger partial charge in [-0.2, -0.15) is 5.10 Å². The average molecular weight is 469 g/mol.